The summed E-state index contributed by atoms with van der Waals surface area (Å²) in [4.78, 5) is 1.79. The molecule has 0 spiro atoms. The predicted octanol–water partition coefficient (Wildman–Crippen LogP) is 4.68. The molecule has 2 atom stereocenters. The van der Waals surface area contributed by atoms with Gasteiger partial charge in [0, 0.05) is 19.3 Å². The Labute approximate surface area is 174 Å². The van der Waals surface area contributed by atoms with Gasteiger partial charge in [-0.1, -0.05) is 18.2 Å². The van der Waals surface area contributed by atoms with Crippen molar-refractivity contribution in [1.82, 2.24) is 0 Å². The number of sulfonamides is 1. The van der Waals surface area contributed by atoms with Crippen molar-refractivity contribution in [3.8, 4) is 6.07 Å². The molecule has 0 saturated heterocycles. The van der Waals surface area contributed by atoms with Crippen LogP contribution in [-0.2, 0) is 16.2 Å². The van der Waals surface area contributed by atoms with Crippen molar-refractivity contribution < 1.29 is 21.6 Å². The topological polar surface area (TPSA) is 64.4 Å². The predicted molar refractivity (Wildman–Crippen MR) is 110 cm³/mol. The maximum atomic E-state index is 13.2. The summed E-state index contributed by atoms with van der Waals surface area (Å²) in [7, 11) is -1.95. The van der Waals surface area contributed by atoms with Crippen molar-refractivity contribution >= 4 is 21.4 Å². The normalized spacial score (nSPS) is 18.8. The molecule has 0 radical (unpaired) electrons. The number of likely N-dealkylation sites (N-methyl/N-ethyl adjacent to an activating group) is 1. The van der Waals surface area contributed by atoms with Gasteiger partial charge in [0.2, 0.25) is 10.0 Å². The lowest BCUT2D eigenvalue weighted by molar-refractivity contribution is -0.137. The average Bonchev–Trinajstić information content (AvgIpc) is 3.05. The van der Waals surface area contributed by atoms with E-state index in [1.54, 1.807) is 36.1 Å². The number of rotatable bonds is 5. The van der Waals surface area contributed by atoms with Crippen LogP contribution in [0.4, 0.5) is 24.5 Å². The summed E-state index contributed by atoms with van der Waals surface area (Å²) in [6.45, 7) is 3.80. The maximum absolute atomic E-state index is 13.2. The van der Waals surface area contributed by atoms with Crippen LogP contribution in [0.15, 0.2) is 42.5 Å². The van der Waals surface area contributed by atoms with Crippen LogP contribution in [0.3, 0.4) is 0 Å². The van der Waals surface area contributed by atoms with Crippen molar-refractivity contribution in [2.45, 2.75) is 32.0 Å². The van der Waals surface area contributed by atoms with Crippen molar-refractivity contribution in [1.29, 1.82) is 5.26 Å². The maximum Gasteiger partial charge on any atom is 0.416 e. The minimum absolute atomic E-state index is 0.0369. The molecule has 9 heteroatoms. The van der Waals surface area contributed by atoms with Gasteiger partial charge < -0.3 is 4.90 Å². The zero-order valence-corrected chi connectivity index (χ0v) is 17.6. The summed E-state index contributed by atoms with van der Waals surface area (Å²) >= 11 is 0. The fourth-order valence-corrected chi connectivity index (χ4v) is 4.68. The zero-order chi connectivity index (χ0) is 22.3. The molecule has 1 aliphatic heterocycles. The van der Waals surface area contributed by atoms with Gasteiger partial charge in [-0.25, -0.2) is 8.42 Å². The molecule has 0 aliphatic carbocycles. The zero-order valence-electron chi connectivity index (χ0n) is 16.8. The van der Waals surface area contributed by atoms with Crippen LogP contribution < -0.4 is 9.21 Å². The van der Waals surface area contributed by atoms with Gasteiger partial charge in [0.15, 0.2) is 0 Å². The van der Waals surface area contributed by atoms with Crippen molar-refractivity contribution in [2.75, 3.05) is 28.6 Å². The van der Waals surface area contributed by atoms with E-state index in [2.05, 4.69) is 6.07 Å². The third kappa shape index (κ3) is 3.72. The molecule has 0 N–H and O–H groups in total. The summed E-state index contributed by atoms with van der Waals surface area (Å²) in [6, 6.07) is 12.0. The van der Waals surface area contributed by atoms with Crippen LogP contribution in [-0.4, -0.2) is 27.8 Å². The Bertz CT molecular complexity index is 1080. The molecule has 0 fully saturated rings. The van der Waals surface area contributed by atoms with Crippen molar-refractivity contribution in [3.05, 3.63) is 59.2 Å². The van der Waals surface area contributed by atoms with Gasteiger partial charge in [-0.15, -0.1) is 0 Å². The molecule has 1 aliphatic rings. The van der Waals surface area contributed by atoms with E-state index in [9.17, 15) is 26.9 Å². The third-order valence-electron chi connectivity index (χ3n) is 5.51. The Balaban J connectivity index is 2.02. The number of hydrogen-bond acceptors (Lipinski definition) is 4. The Morgan fingerprint density at radius 3 is 2.27 bits per heavy atom. The molecule has 0 bridgehead atoms. The number of halogens is 3. The van der Waals surface area contributed by atoms with Crippen LogP contribution in [0.1, 0.15) is 42.5 Å². The highest BCUT2D eigenvalue weighted by Gasteiger charge is 2.41. The lowest BCUT2D eigenvalue weighted by atomic mass is 9.91. The molecule has 0 amide bonds. The number of anilines is 2. The monoisotopic (exact) mass is 437 g/mol. The lowest BCUT2D eigenvalue weighted by Gasteiger charge is -2.28. The molecule has 2 aromatic rings. The number of nitrogens with zero attached hydrogens (tertiary/aromatic N) is 3. The minimum Gasteiger partial charge on any atom is -0.363 e. The second kappa shape index (κ2) is 7.84. The number of alkyl halides is 3. The Morgan fingerprint density at radius 1 is 1.13 bits per heavy atom. The smallest absolute Gasteiger partial charge is 0.363 e. The first-order chi connectivity index (χ1) is 14.0. The van der Waals surface area contributed by atoms with Gasteiger partial charge in [0.05, 0.1) is 35.0 Å². The lowest BCUT2D eigenvalue weighted by Crippen LogP contribution is -2.28. The highest BCUT2D eigenvalue weighted by Crippen LogP contribution is 2.50. The first kappa shape index (κ1) is 22.0. The highest BCUT2D eigenvalue weighted by atomic mass is 32.2. The summed E-state index contributed by atoms with van der Waals surface area (Å²) in [5.41, 5.74) is 1.43. The number of benzene rings is 2. The first-order valence-electron chi connectivity index (χ1n) is 9.49. The first-order valence-corrected chi connectivity index (χ1v) is 11.1. The molecule has 0 aromatic heterocycles. The van der Waals surface area contributed by atoms with E-state index in [-0.39, 0.29) is 5.75 Å². The fraction of sp³-hybridized carbons (Fsp3) is 0.381. The van der Waals surface area contributed by atoms with Crippen LogP contribution in [0, 0.1) is 11.3 Å². The quantitative estimate of drug-likeness (QED) is 0.681. The molecular weight excluding hydrogens is 415 g/mol. The second-order valence-corrected chi connectivity index (χ2v) is 9.36. The van der Waals surface area contributed by atoms with Crippen LogP contribution >= 0.6 is 0 Å². The standard InChI is InChI=1S/C21H22F3N3O2S/c1-4-27-19-12-15(21(22,23)24)8-11-17(19)18(13-25)20(27)14-6-9-16(10-7-14)26(3)30(28,29)5-2/h6-12,18,20H,4-5H2,1-3H3. The van der Waals surface area contributed by atoms with Crippen LogP contribution in [0.25, 0.3) is 0 Å². The van der Waals surface area contributed by atoms with E-state index in [0.717, 1.165) is 17.7 Å². The molecule has 5 nitrogen and oxygen atoms in total. The highest BCUT2D eigenvalue weighted by molar-refractivity contribution is 7.92. The second-order valence-electron chi connectivity index (χ2n) is 7.07. The summed E-state index contributed by atoms with van der Waals surface area (Å²) in [6.07, 6.45) is -4.47. The van der Waals surface area contributed by atoms with E-state index in [1.165, 1.54) is 17.4 Å². The van der Waals surface area contributed by atoms with Gasteiger partial charge in [0.1, 0.15) is 0 Å². The van der Waals surface area contributed by atoms with E-state index in [0.29, 0.717) is 23.5 Å². The van der Waals surface area contributed by atoms with Gasteiger partial charge in [-0.3, -0.25) is 4.31 Å². The largest absolute Gasteiger partial charge is 0.416 e. The molecule has 2 unspecified atom stereocenters. The molecule has 160 valence electrons. The van der Waals surface area contributed by atoms with E-state index >= 15 is 0 Å². The van der Waals surface area contributed by atoms with Crippen molar-refractivity contribution in [3.63, 3.8) is 0 Å². The van der Waals surface area contributed by atoms with Crippen LogP contribution in [0.5, 0.6) is 0 Å². The van der Waals surface area contributed by atoms with Gasteiger partial charge >= 0.3 is 6.18 Å². The van der Waals surface area contributed by atoms with E-state index in [4.69, 9.17) is 0 Å². The van der Waals surface area contributed by atoms with Gasteiger partial charge in [-0.2, -0.15) is 18.4 Å². The van der Waals surface area contributed by atoms with Gasteiger partial charge in [0.25, 0.3) is 0 Å². The molecular formula is C21H22F3N3O2S. The molecule has 2 aromatic carbocycles. The number of fused-ring (bicyclic) bond motifs is 1. The Morgan fingerprint density at radius 2 is 1.77 bits per heavy atom. The Hall–Kier alpha value is -2.73. The molecule has 1 heterocycles. The van der Waals surface area contributed by atoms with Crippen molar-refractivity contribution in [2.24, 2.45) is 0 Å². The van der Waals surface area contributed by atoms with Gasteiger partial charge in [-0.05, 0) is 49.2 Å². The molecule has 30 heavy (non-hydrogen) atoms. The van der Waals surface area contributed by atoms with E-state index in [1.807, 2.05) is 6.92 Å². The molecule has 0 saturated carbocycles. The Kier molecular flexibility index (Phi) is 5.74. The SMILES string of the molecule is CCN1c2cc(C(F)(F)F)ccc2C(C#N)C1c1ccc(N(C)S(=O)(=O)CC)cc1. The summed E-state index contributed by atoms with van der Waals surface area (Å²) < 4.78 is 64.9. The number of hydrogen-bond donors (Lipinski definition) is 0. The fourth-order valence-electron chi connectivity index (χ4n) is 3.85. The van der Waals surface area contributed by atoms with E-state index < -0.39 is 33.7 Å². The third-order valence-corrected chi connectivity index (χ3v) is 7.29. The minimum atomic E-state index is -4.47. The molecule has 3 rings (SSSR count). The average molecular weight is 437 g/mol. The number of nitriles is 1. The summed E-state index contributed by atoms with van der Waals surface area (Å²) in [5, 5.41) is 9.78. The van der Waals surface area contributed by atoms with Crippen LogP contribution in [0.2, 0.25) is 0 Å². The summed E-state index contributed by atoms with van der Waals surface area (Å²) in [5.74, 6) is -0.671.